The Labute approximate surface area is 128 Å². The van der Waals surface area contributed by atoms with Gasteiger partial charge < -0.3 is 10.0 Å². The van der Waals surface area contributed by atoms with Gasteiger partial charge >= 0.3 is 0 Å². The minimum Gasteiger partial charge on any atom is -0.392 e. The molecule has 2 rings (SSSR count). The Morgan fingerprint density at radius 1 is 1.38 bits per heavy atom. The first kappa shape index (κ1) is 16.4. The Kier molecular flexibility index (Phi) is 6.15. The molecule has 1 aliphatic heterocycles. The summed E-state index contributed by atoms with van der Waals surface area (Å²) in [6.07, 6.45) is 6.04. The van der Waals surface area contributed by atoms with Crippen LogP contribution in [0.4, 0.5) is 0 Å². The van der Waals surface area contributed by atoms with Crippen LogP contribution in [0.25, 0.3) is 0 Å². The minimum atomic E-state index is -0.213. The van der Waals surface area contributed by atoms with Gasteiger partial charge in [0.2, 0.25) is 0 Å². The Hall–Kier alpha value is -0.970. The molecule has 21 heavy (non-hydrogen) atoms. The van der Waals surface area contributed by atoms with Crippen molar-refractivity contribution in [1.29, 1.82) is 0 Å². The first-order valence-electron chi connectivity index (χ1n) is 8.07. The highest BCUT2D eigenvalue weighted by molar-refractivity contribution is 5.12. The van der Waals surface area contributed by atoms with Crippen LogP contribution in [0.1, 0.15) is 38.3 Å². The Balaban J connectivity index is 1.78. The molecular formula is C17H29N3O. The summed E-state index contributed by atoms with van der Waals surface area (Å²) < 4.78 is 0. The fourth-order valence-electron chi connectivity index (χ4n) is 3.17. The molecule has 0 unspecified atom stereocenters. The van der Waals surface area contributed by atoms with E-state index < -0.39 is 0 Å². The molecule has 4 nitrogen and oxygen atoms in total. The van der Waals surface area contributed by atoms with E-state index >= 15 is 0 Å². The molecule has 0 amide bonds. The zero-order valence-corrected chi connectivity index (χ0v) is 13.6. The Bertz CT molecular complexity index is 402. The van der Waals surface area contributed by atoms with Crippen molar-refractivity contribution in [3.8, 4) is 0 Å². The van der Waals surface area contributed by atoms with Crippen LogP contribution in [-0.4, -0.2) is 59.2 Å². The van der Waals surface area contributed by atoms with Crippen molar-refractivity contribution >= 4 is 0 Å². The molecule has 0 aliphatic carbocycles. The lowest BCUT2D eigenvalue weighted by molar-refractivity contribution is 0.0886. The molecule has 0 radical (unpaired) electrons. The van der Waals surface area contributed by atoms with Crippen molar-refractivity contribution in [2.45, 2.75) is 38.8 Å². The van der Waals surface area contributed by atoms with E-state index in [-0.39, 0.29) is 6.10 Å². The van der Waals surface area contributed by atoms with E-state index in [2.05, 4.69) is 34.8 Å². The summed E-state index contributed by atoms with van der Waals surface area (Å²) in [5.41, 5.74) is 1.28. The average molecular weight is 291 g/mol. The fraction of sp³-hybridized carbons (Fsp3) is 0.706. The van der Waals surface area contributed by atoms with Gasteiger partial charge in [0.1, 0.15) is 0 Å². The lowest BCUT2D eigenvalue weighted by atomic mass is 9.95. The number of nitrogens with zero attached hydrogens (tertiary/aromatic N) is 3. The third-order valence-corrected chi connectivity index (χ3v) is 4.60. The Morgan fingerprint density at radius 2 is 2.10 bits per heavy atom. The summed E-state index contributed by atoms with van der Waals surface area (Å²) in [7, 11) is 2.21. The van der Waals surface area contributed by atoms with Crippen LogP contribution in [0, 0.1) is 5.92 Å². The summed E-state index contributed by atoms with van der Waals surface area (Å²) >= 11 is 0. The molecule has 0 aromatic carbocycles. The molecule has 1 saturated heterocycles. The molecule has 2 heterocycles. The second-order valence-corrected chi connectivity index (χ2v) is 6.49. The molecule has 2 atom stereocenters. The molecule has 1 fully saturated rings. The fourth-order valence-corrected chi connectivity index (χ4v) is 3.17. The predicted molar refractivity (Wildman–Crippen MR) is 86.1 cm³/mol. The van der Waals surface area contributed by atoms with E-state index in [9.17, 15) is 5.11 Å². The molecule has 4 heteroatoms. The average Bonchev–Trinajstić information content (AvgIpc) is 2.49. The van der Waals surface area contributed by atoms with Crippen molar-refractivity contribution in [3.05, 3.63) is 30.1 Å². The van der Waals surface area contributed by atoms with Gasteiger partial charge in [0, 0.05) is 31.5 Å². The first-order valence-corrected chi connectivity index (χ1v) is 8.07. The number of rotatable bonds is 6. The molecule has 1 aromatic heterocycles. The zero-order valence-electron chi connectivity index (χ0n) is 13.6. The number of aliphatic hydroxyl groups excluding tert-OH is 1. The SMILES string of the molecule is C[C@@H](O)CN1CCC(CN(C)[C@@H](C)c2cccnc2)CC1. The topological polar surface area (TPSA) is 39.6 Å². The van der Waals surface area contributed by atoms with Crippen LogP contribution in [0.3, 0.4) is 0 Å². The van der Waals surface area contributed by atoms with Crippen molar-refractivity contribution in [3.63, 3.8) is 0 Å². The number of hydrogen-bond donors (Lipinski definition) is 1. The van der Waals surface area contributed by atoms with Crippen molar-refractivity contribution < 1.29 is 5.11 Å². The number of aromatic nitrogens is 1. The number of likely N-dealkylation sites (tertiary alicyclic amines) is 1. The molecule has 1 N–H and O–H groups in total. The number of aliphatic hydroxyl groups is 1. The normalized spacial score (nSPS) is 20.6. The number of hydrogen-bond acceptors (Lipinski definition) is 4. The minimum absolute atomic E-state index is 0.213. The van der Waals surface area contributed by atoms with E-state index in [0.29, 0.717) is 6.04 Å². The van der Waals surface area contributed by atoms with Gasteiger partial charge in [-0.25, -0.2) is 0 Å². The lowest BCUT2D eigenvalue weighted by Crippen LogP contribution is -2.41. The first-order chi connectivity index (χ1) is 10.1. The van der Waals surface area contributed by atoms with E-state index in [4.69, 9.17) is 0 Å². The van der Waals surface area contributed by atoms with Crippen LogP contribution < -0.4 is 0 Å². The van der Waals surface area contributed by atoms with Crippen LogP contribution in [0.15, 0.2) is 24.5 Å². The van der Waals surface area contributed by atoms with E-state index in [1.165, 1.54) is 18.4 Å². The molecule has 118 valence electrons. The molecule has 0 bridgehead atoms. The van der Waals surface area contributed by atoms with Gasteiger partial charge in [0.05, 0.1) is 6.10 Å². The van der Waals surface area contributed by atoms with Crippen LogP contribution in [-0.2, 0) is 0 Å². The van der Waals surface area contributed by atoms with Crippen molar-refractivity contribution in [2.75, 3.05) is 33.2 Å². The van der Waals surface area contributed by atoms with Gasteiger partial charge in [-0.3, -0.25) is 9.88 Å². The Morgan fingerprint density at radius 3 is 2.67 bits per heavy atom. The van der Waals surface area contributed by atoms with Gasteiger partial charge in [-0.1, -0.05) is 6.07 Å². The third-order valence-electron chi connectivity index (χ3n) is 4.60. The molecule has 1 aromatic rings. The maximum atomic E-state index is 9.46. The van der Waals surface area contributed by atoms with Gasteiger partial charge in [-0.15, -0.1) is 0 Å². The molecule has 0 saturated carbocycles. The molecule has 0 spiro atoms. The van der Waals surface area contributed by atoms with E-state index in [0.717, 1.165) is 32.1 Å². The van der Waals surface area contributed by atoms with Crippen LogP contribution >= 0.6 is 0 Å². The maximum Gasteiger partial charge on any atom is 0.0639 e. The highest BCUT2D eigenvalue weighted by atomic mass is 16.3. The monoisotopic (exact) mass is 291 g/mol. The third kappa shape index (κ3) is 5.06. The summed E-state index contributed by atoms with van der Waals surface area (Å²) in [5, 5.41) is 9.46. The number of β-amino-alcohol motifs (C(OH)–C–C–N with tert-alkyl or cyclic N) is 1. The van der Waals surface area contributed by atoms with E-state index in [1.807, 2.05) is 25.4 Å². The summed E-state index contributed by atoms with van der Waals surface area (Å²) in [6.45, 7) is 8.30. The highest BCUT2D eigenvalue weighted by Crippen LogP contribution is 2.23. The summed E-state index contributed by atoms with van der Waals surface area (Å²) in [6, 6.07) is 4.57. The predicted octanol–water partition coefficient (Wildman–Crippen LogP) is 2.17. The molecular weight excluding hydrogens is 262 g/mol. The van der Waals surface area contributed by atoms with Crippen LogP contribution in [0.5, 0.6) is 0 Å². The summed E-state index contributed by atoms with van der Waals surface area (Å²) in [5.74, 6) is 0.763. The quantitative estimate of drug-likeness (QED) is 0.872. The summed E-state index contributed by atoms with van der Waals surface area (Å²) in [4.78, 5) is 9.03. The highest BCUT2D eigenvalue weighted by Gasteiger charge is 2.22. The van der Waals surface area contributed by atoms with E-state index in [1.54, 1.807) is 0 Å². The number of pyridine rings is 1. The van der Waals surface area contributed by atoms with Gasteiger partial charge in [0.25, 0.3) is 0 Å². The second-order valence-electron chi connectivity index (χ2n) is 6.49. The van der Waals surface area contributed by atoms with Crippen molar-refractivity contribution in [1.82, 2.24) is 14.8 Å². The van der Waals surface area contributed by atoms with Gasteiger partial charge in [0.15, 0.2) is 0 Å². The number of piperidine rings is 1. The smallest absolute Gasteiger partial charge is 0.0639 e. The lowest BCUT2D eigenvalue weighted by Gasteiger charge is -2.36. The van der Waals surface area contributed by atoms with Gasteiger partial charge in [-0.2, -0.15) is 0 Å². The maximum absolute atomic E-state index is 9.46. The largest absolute Gasteiger partial charge is 0.392 e. The van der Waals surface area contributed by atoms with Crippen LogP contribution in [0.2, 0.25) is 0 Å². The molecule has 1 aliphatic rings. The van der Waals surface area contributed by atoms with Crippen molar-refractivity contribution in [2.24, 2.45) is 5.92 Å². The zero-order chi connectivity index (χ0) is 15.2. The second kappa shape index (κ2) is 7.87. The van der Waals surface area contributed by atoms with Gasteiger partial charge in [-0.05, 0) is 64.4 Å². The standard InChI is InChI=1S/C17H29N3O/c1-14(21)12-20-9-6-16(7-10-20)13-19(3)15(2)17-5-4-8-18-11-17/h4-5,8,11,14-16,21H,6-7,9-10,12-13H2,1-3H3/t14-,15+/m1/s1.